The fourth-order valence-electron chi connectivity index (χ4n) is 3.92. The number of aryl methyl sites for hydroxylation is 1. The standard InChI is InChI=1S/C26H20ClN3O3/c1-16-5-4-12-28-25(16)30-15-21-23(33-22-7-3-2-6-20(22)24(21)31)13-19(30)14-29-26(32)17-8-10-18(27)11-9-17/h2-13,15,23H,14H2,1H3,(H,29,32)/t23-/m1/s1. The summed E-state index contributed by atoms with van der Waals surface area (Å²) in [5, 5.41) is 3.51. The Kier molecular flexibility index (Phi) is 5.44. The Labute approximate surface area is 196 Å². The molecule has 164 valence electrons. The first kappa shape index (κ1) is 21.0. The number of pyridine rings is 1. The summed E-state index contributed by atoms with van der Waals surface area (Å²) >= 11 is 5.93. The molecule has 0 saturated heterocycles. The number of Topliss-reactive ketones (excluding diaryl/α,β-unsaturated/α-hetero) is 1. The number of anilines is 1. The smallest absolute Gasteiger partial charge is 0.251 e. The highest BCUT2D eigenvalue weighted by Crippen LogP contribution is 2.36. The van der Waals surface area contributed by atoms with Crippen LogP contribution >= 0.6 is 11.6 Å². The summed E-state index contributed by atoms with van der Waals surface area (Å²) in [4.78, 5) is 32.2. The molecule has 33 heavy (non-hydrogen) atoms. The van der Waals surface area contributed by atoms with Crippen LogP contribution in [0.4, 0.5) is 5.82 Å². The zero-order valence-corrected chi connectivity index (χ0v) is 18.5. The highest BCUT2D eigenvalue weighted by atomic mass is 35.5. The van der Waals surface area contributed by atoms with Crippen LogP contribution in [0.25, 0.3) is 0 Å². The largest absolute Gasteiger partial charge is 0.481 e. The maximum atomic E-state index is 13.2. The molecule has 0 fully saturated rings. The molecule has 3 heterocycles. The van der Waals surface area contributed by atoms with E-state index in [0.717, 1.165) is 11.3 Å². The van der Waals surface area contributed by atoms with Crippen molar-refractivity contribution in [3.05, 3.63) is 112 Å². The third kappa shape index (κ3) is 4.01. The van der Waals surface area contributed by atoms with Gasteiger partial charge >= 0.3 is 0 Å². The first-order valence-corrected chi connectivity index (χ1v) is 10.9. The van der Waals surface area contributed by atoms with Gasteiger partial charge in [-0.1, -0.05) is 29.8 Å². The van der Waals surface area contributed by atoms with E-state index in [1.54, 1.807) is 48.8 Å². The molecule has 0 spiro atoms. The van der Waals surface area contributed by atoms with Crippen molar-refractivity contribution in [1.82, 2.24) is 10.3 Å². The summed E-state index contributed by atoms with van der Waals surface area (Å²) in [7, 11) is 0. The second-order valence-corrected chi connectivity index (χ2v) is 8.25. The first-order chi connectivity index (χ1) is 16.0. The summed E-state index contributed by atoms with van der Waals surface area (Å²) in [6, 6.07) is 17.7. The third-order valence-corrected chi connectivity index (χ3v) is 5.87. The molecule has 7 heteroatoms. The average Bonchev–Trinajstić information content (AvgIpc) is 2.83. The van der Waals surface area contributed by atoms with Crippen molar-refractivity contribution >= 4 is 29.1 Å². The number of ether oxygens (including phenoxy) is 1. The van der Waals surface area contributed by atoms with E-state index in [4.69, 9.17) is 16.3 Å². The average molecular weight is 458 g/mol. The minimum absolute atomic E-state index is 0.0825. The predicted molar refractivity (Wildman–Crippen MR) is 127 cm³/mol. The van der Waals surface area contributed by atoms with E-state index in [1.807, 2.05) is 42.2 Å². The van der Waals surface area contributed by atoms with Crippen LogP contribution in [0.5, 0.6) is 5.75 Å². The minimum Gasteiger partial charge on any atom is -0.481 e. The van der Waals surface area contributed by atoms with E-state index in [-0.39, 0.29) is 18.2 Å². The zero-order chi connectivity index (χ0) is 22.9. The molecule has 2 aromatic carbocycles. The number of fused-ring (bicyclic) bond motifs is 2. The van der Waals surface area contributed by atoms with Crippen LogP contribution in [0.3, 0.4) is 0 Å². The lowest BCUT2D eigenvalue weighted by Gasteiger charge is -2.34. The van der Waals surface area contributed by atoms with Gasteiger partial charge in [0.15, 0.2) is 5.78 Å². The molecule has 0 radical (unpaired) electrons. The molecule has 1 atom stereocenters. The third-order valence-electron chi connectivity index (χ3n) is 5.62. The molecule has 6 nitrogen and oxygen atoms in total. The molecule has 0 unspecified atom stereocenters. The van der Waals surface area contributed by atoms with Crippen molar-refractivity contribution in [3.8, 4) is 5.75 Å². The highest BCUT2D eigenvalue weighted by Gasteiger charge is 2.35. The number of benzene rings is 2. The maximum absolute atomic E-state index is 13.2. The van der Waals surface area contributed by atoms with Crippen LogP contribution in [0.1, 0.15) is 26.3 Å². The lowest BCUT2D eigenvalue weighted by molar-refractivity contribution is 0.0950. The molecule has 1 N–H and O–H groups in total. The Balaban J connectivity index is 1.48. The van der Waals surface area contributed by atoms with Gasteiger partial charge in [0.1, 0.15) is 17.7 Å². The van der Waals surface area contributed by atoms with Gasteiger partial charge in [0.2, 0.25) is 0 Å². The van der Waals surface area contributed by atoms with Crippen LogP contribution < -0.4 is 15.0 Å². The number of aromatic nitrogens is 1. The van der Waals surface area contributed by atoms with E-state index in [9.17, 15) is 9.59 Å². The van der Waals surface area contributed by atoms with Gasteiger partial charge in [0.05, 0.1) is 17.7 Å². The number of halogens is 1. The van der Waals surface area contributed by atoms with Crippen molar-refractivity contribution in [1.29, 1.82) is 0 Å². The second kappa shape index (κ2) is 8.56. The van der Waals surface area contributed by atoms with Crippen molar-refractivity contribution in [2.75, 3.05) is 11.4 Å². The normalized spacial score (nSPS) is 16.7. The molecule has 0 bridgehead atoms. The number of hydrogen-bond donors (Lipinski definition) is 1. The Morgan fingerprint density at radius 1 is 1.12 bits per heavy atom. The monoisotopic (exact) mass is 457 g/mol. The van der Waals surface area contributed by atoms with Crippen LogP contribution in [-0.4, -0.2) is 29.3 Å². The second-order valence-electron chi connectivity index (χ2n) is 7.81. The molecule has 2 aliphatic heterocycles. The van der Waals surface area contributed by atoms with Gasteiger partial charge < -0.3 is 15.0 Å². The number of carbonyl (C=O) groups is 2. The summed E-state index contributed by atoms with van der Waals surface area (Å²) in [5.41, 5.74) is 3.25. The van der Waals surface area contributed by atoms with Crippen LogP contribution in [0.2, 0.25) is 5.02 Å². The van der Waals surface area contributed by atoms with Gasteiger partial charge in [-0.15, -0.1) is 0 Å². The van der Waals surface area contributed by atoms with Crippen molar-refractivity contribution in [3.63, 3.8) is 0 Å². The summed E-state index contributed by atoms with van der Waals surface area (Å²) in [5.74, 6) is 0.918. The SMILES string of the molecule is Cc1cccnc1N1C=C2C(=O)c3ccccc3O[C@@H]2C=C1CNC(=O)c1ccc(Cl)cc1. The molecule has 1 amide bonds. The molecule has 0 aliphatic carbocycles. The number of nitrogens with one attached hydrogen (secondary N) is 1. The molecular weight excluding hydrogens is 438 g/mol. The molecule has 2 aliphatic rings. The topological polar surface area (TPSA) is 71.5 Å². The fourth-order valence-corrected chi connectivity index (χ4v) is 4.05. The first-order valence-electron chi connectivity index (χ1n) is 10.5. The van der Waals surface area contributed by atoms with Gasteiger partial charge in [-0.05, 0) is 61.0 Å². The maximum Gasteiger partial charge on any atom is 0.251 e. The van der Waals surface area contributed by atoms with Crippen LogP contribution in [0.15, 0.2) is 90.4 Å². The zero-order valence-electron chi connectivity index (χ0n) is 17.8. The van der Waals surface area contributed by atoms with Gasteiger partial charge in [-0.3, -0.25) is 9.59 Å². The number of nitrogens with zero attached hydrogens (tertiary/aromatic N) is 2. The number of carbonyl (C=O) groups excluding carboxylic acids is 2. The summed E-state index contributed by atoms with van der Waals surface area (Å²) < 4.78 is 6.12. The Morgan fingerprint density at radius 3 is 2.70 bits per heavy atom. The van der Waals surface area contributed by atoms with E-state index in [1.165, 1.54) is 0 Å². The van der Waals surface area contributed by atoms with Gasteiger partial charge in [-0.25, -0.2) is 4.98 Å². The predicted octanol–water partition coefficient (Wildman–Crippen LogP) is 4.71. The Morgan fingerprint density at radius 2 is 1.91 bits per heavy atom. The minimum atomic E-state index is -0.546. The lowest BCUT2D eigenvalue weighted by atomic mass is 9.93. The van der Waals surface area contributed by atoms with Gasteiger partial charge in [-0.2, -0.15) is 0 Å². The molecule has 3 aromatic rings. The van der Waals surface area contributed by atoms with Crippen molar-refractivity contribution < 1.29 is 14.3 Å². The molecule has 1 aromatic heterocycles. The van der Waals surface area contributed by atoms with Crippen LogP contribution in [-0.2, 0) is 0 Å². The number of amides is 1. The molecule has 0 saturated carbocycles. The van der Waals surface area contributed by atoms with Gasteiger partial charge in [0, 0.05) is 28.7 Å². The van der Waals surface area contributed by atoms with Gasteiger partial charge in [0.25, 0.3) is 5.91 Å². The number of hydrogen-bond acceptors (Lipinski definition) is 5. The van der Waals surface area contributed by atoms with E-state index in [2.05, 4.69) is 10.3 Å². The molecular formula is C26H20ClN3O3. The quantitative estimate of drug-likeness (QED) is 0.614. The number of para-hydroxylation sites is 1. The molecule has 5 rings (SSSR count). The number of ketones is 1. The van der Waals surface area contributed by atoms with E-state index >= 15 is 0 Å². The summed E-state index contributed by atoms with van der Waals surface area (Å²) in [6.07, 6.45) is 4.78. The lowest BCUT2D eigenvalue weighted by Crippen LogP contribution is -2.39. The van der Waals surface area contributed by atoms with Crippen molar-refractivity contribution in [2.24, 2.45) is 0 Å². The summed E-state index contributed by atoms with van der Waals surface area (Å²) in [6.45, 7) is 2.17. The highest BCUT2D eigenvalue weighted by molar-refractivity contribution is 6.30. The Hall–Kier alpha value is -3.90. The fraction of sp³-hybridized carbons (Fsp3) is 0.115. The van der Waals surface area contributed by atoms with Crippen molar-refractivity contribution in [2.45, 2.75) is 13.0 Å². The van der Waals surface area contributed by atoms with E-state index < -0.39 is 6.10 Å². The Bertz CT molecular complexity index is 1310. The van der Waals surface area contributed by atoms with Crippen LogP contribution in [0, 0.1) is 6.92 Å². The number of rotatable bonds is 4. The van der Waals surface area contributed by atoms with E-state index in [0.29, 0.717) is 33.3 Å².